The number of nitrogens with one attached hydrogen (secondary N) is 1. The molecule has 3 aromatic heterocycles. The van der Waals surface area contributed by atoms with Crippen LogP contribution in [0.2, 0.25) is 0 Å². The molecule has 2 N–H and O–H groups in total. The minimum Gasteiger partial charge on any atom is -0.475 e. The highest BCUT2D eigenvalue weighted by atomic mass is 32.2. The Morgan fingerprint density at radius 1 is 1.23 bits per heavy atom. The Morgan fingerprint density at radius 3 is 2.55 bits per heavy atom. The quantitative estimate of drug-likeness (QED) is 0.292. The zero-order chi connectivity index (χ0) is 29.5. The molecule has 0 saturated heterocycles. The summed E-state index contributed by atoms with van der Waals surface area (Å²) >= 11 is 1.24. The first kappa shape index (κ1) is 30.3. The van der Waals surface area contributed by atoms with Crippen molar-refractivity contribution in [3.63, 3.8) is 0 Å². The van der Waals surface area contributed by atoms with Crippen LogP contribution >= 0.6 is 11.3 Å². The molecule has 210 valence electrons. The summed E-state index contributed by atoms with van der Waals surface area (Å²) in [6, 6.07) is 13.1. The third kappa shape index (κ3) is 8.35. The number of imidazole rings is 1. The highest BCUT2D eigenvalue weighted by Gasteiger charge is 2.38. The van der Waals surface area contributed by atoms with Gasteiger partial charge in [0, 0.05) is 35.6 Å². The Kier molecular flexibility index (Phi) is 9.61. The highest BCUT2D eigenvalue weighted by Crippen LogP contribution is 2.37. The molecular weight excluding hydrogens is 569 g/mol. The van der Waals surface area contributed by atoms with E-state index in [0.717, 1.165) is 22.4 Å². The fraction of sp³-hybridized carbons (Fsp3) is 0.240. The van der Waals surface area contributed by atoms with E-state index in [-0.39, 0.29) is 15.9 Å². The molecule has 15 heteroatoms. The summed E-state index contributed by atoms with van der Waals surface area (Å²) in [7, 11) is -3.98. The molecule has 4 aromatic rings. The monoisotopic (exact) mass is 592 g/mol. The maximum Gasteiger partial charge on any atom is 0.490 e. The van der Waals surface area contributed by atoms with Crippen LogP contribution in [0.3, 0.4) is 0 Å². The first-order valence-electron chi connectivity index (χ1n) is 11.5. The average molecular weight is 593 g/mol. The van der Waals surface area contributed by atoms with Crippen molar-refractivity contribution in [3.8, 4) is 17.2 Å². The molecule has 10 nitrogen and oxygen atoms in total. The SMILES string of the molecule is CC(C)Cc1cc(-c2cccc(Cn3ccnc3)c2)c(S(=O)(=O)Nc2nccc(C#N)n2)s1.O=C(O)C(F)(F)F. The predicted octanol–water partition coefficient (Wildman–Crippen LogP) is 4.95. The number of hydrogen-bond donors (Lipinski definition) is 2. The van der Waals surface area contributed by atoms with Gasteiger partial charge in [0.25, 0.3) is 10.0 Å². The first-order valence-corrected chi connectivity index (χ1v) is 13.8. The summed E-state index contributed by atoms with van der Waals surface area (Å²) in [6.45, 7) is 4.82. The van der Waals surface area contributed by atoms with Gasteiger partial charge in [-0.3, -0.25) is 0 Å². The van der Waals surface area contributed by atoms with Crippen molar-refractivity contribution in [2.75, 3.05) is 4.72 Å². The predicted molar refractivity (Wildman–Crippen MR) is 141 cm³/mol. The number of hydrogen-bond acceptors (Lipinski definition) is 8. The summed E-state index contributed by atoms with van der Waals surface area (Å²) in [4.78, 5) is 21.9. The van der Waals surface area contributed by atoms with E-state index in [2.05, 4.69) is 33.5 Å². The number of carboxylic acids is 1. The molecule has 0 bridgehead atoms. The lowest BCUT2D eigenvalue weighted by Gasteiger charge is -2.09. The summed E-state index contributed by atoms with van der Waals surface area (Å²) < 4.78 is 63.0. The third-order valence-electron chi connectivity index (χ3n) is 5.00. The molecule has 0 spiro atoms. The van der Waals surface area contributed by atoms with E-state index < -0.39 is 22.2 Å². The smallest absolute Gasteiger partial charge is 0.475 e. The number of thiophene rings is 1. The Morgan fingerprint density at radius 2 is 1.95 bits per heavy atom. The maximum atomic E-state index is 13.4. The van der Waals surface area contributed by atoms with Crippen molar-refractivity contribution in [1.29, 1.82) is 5.26 Å². The lowest BCUT2D eigenvalue weighted by atomic mass is 10.0. The fourth-order valence-corrected chi connectivity index (χ4v) is 6.29. The minimum absolute atomic E-state index is 0.0850. The second-order valence-electron chi connectivity index (χ2n) is 8.73. The number of anilines is 1. The van der Waals surface area contributed by atoms with Gasteiger partial charge in [-0.2, -0.15) is 18.4 Å². The van der Waals surface area contributed by atoms with Crippen molar-refractivity contribution in [2.24, 2.45) is 5.92 Å². The molecule has 4 rings (SSSR count). The number of nitrogens with zero attached hydrogens (tertiary/aromatic N) is 5. The summed E-state index contributed by atoms with van der Waals surface area (Å²) in [5, 5.41) is 16.2. The van der Waals surface area contributed by atoms with Crippen molar-refractivity contribution in [3.05, 3.63) is 77.5 Å². The van der Waals surface area contributed by atoms with E-state index in [4.69, 9.17) is 15.2 Å². The Hall–Kier alpha value is -4.29. The number of halogens is 3. The van der Waals surface area contributed by atoms with Gasteiger partial charge in [-0.25, -0.2) is 32.9 Å². The number of carbonyl (C=O) groups is 1. The zero-order valence-electron chi connectivity index (χ0n) is 21.1. The van der Waals surface area contributed by atoms with Gasteiger partial charge in [-0.05, 0) is 41.7 Å². The molecule has 0 aliphatic rings. The van der Waals surface area contributed by atoms with E-state index in [1.54, 1.807) is 12.5 Å². The van der Waals surface area contributed by atoms with Crippen LogP contribution in [0.1, 0.15) is 30.0 Å². The van der Waals surface area contributed by atoms with Crippen molar-refractivity contribution in [2.45, 2.75) is 37.2 Å². The van der Waals surface area contributed by atoms with Gasteiger partial charge in [0.1, 0.15) is 16.0 Å². The molecule has 0 aliphatic carbocycles. The normalized spacial score (nSPS) is 11.4. The molecule has 0 atom stereocenters. The van der Waals surface area contributed by atoms with Crippen LogP contribution in [0.25, 0.3) is 11.1 Å². The van der Waals surface area contributed by atoms with E-state index in [9.17, 15) is 21.6 Å². The molecule has 3 heterocycles. The number of rotatable bonds is 8. The third-order valence-corrected chi connectivity index (χ3v) is 8.02. The molecule has 0 unspecified atom stereocenters. The first-order chi connectivity index (χ1) is 18.8. The van der Waals surface area contributed by atoms with Crippen LogP contribution in [0.4, 0.5) is 19.1 Å². The lowest BCUT2D eigenvalue weighted by Crippen LogP contribution is -2.21. The van der Waals surface area contributed by atoms with Crippen LogP contribution in [0.15, 0.2) is 65.5 Å². The van der Waals surface area contributed by atoms with Gasteiger partial charge in [-0.15, -0.1) is 11.3 Å². The van der Waals surface area contributed by atoms with E-state index in [1.165, 1.54) is 23.6 Å². The topological polar surface area (TPSA) is 151 Å². The molecule has 0 amide bonds. The van der Waals surface area contributed by atoms with Crippen LogP contribution in [-0.4, -0.2) is 45.2 Å². The van der Waals surface area contributed by atoms with Gasteiger partial charge >= 0.3 is 12.1 Å². The number of sulfonamides is 1. The van der Waals surface area contributed by atoms with Crippen LogP contribution in [0.5, 0.6) is 0 Å². The number of benzene rings is 1. The maximum absolute atomic E-state index is 13.4. The van der Waals surface area contributed by atoms with Crippen molar-refractivity contribution < 1.29 is 31.5 Å². The molecule has 0 aliphatic heterocycles. The van der Waals surface area contributed by atoms with Crippen LogP contribution in [-0.2, 0) is 27.8 Å². The number of aromatic nitrogens is 4. The number of carboxylic acid groups (broad SMARTS) is 1. The summed E-state index contributed by atoms with van der Waals surface area (Å²) in [5.41, 5.74) is 2.56. The van der Waals surface area contributed by atoms with E-state index in [1.807, 2.05) is 47.2 Å². The van der Waals surface area contributed by atoms with Gasteiger partial charge in [0.05, 0.1) is 6.33 Å². The Balaban J connectivity index is 0.000000559. The van der Waals surface area contributed by atoms with E-state index >= 15 is 0 Å². The van der Waals surface area contributed by atoms with Crippen molar-refractivity contribution in [1.82, 2.24) is 19.5 Å². The lowest BCUT2D eigenvalue weighted by molar-refractivity contribution is -0.192. The summed E-state index contributed by atoms with van der Waals surface area (Å²) in [6.07, 6.45) is 2.38. The Bertz CT molecular complexity index is 1610. The van der Waals surface area contributed by atoms with Crippen LogP contribution < -0.4 is 4.72 Å². The minimum atomic E-state index is -5.08. The second-order valence-corrected chi connectivity index (χ2v) is 11.7. The van der Waals surface area contributed by atoms with Gasteiger partial charge in [-0.1, -0.05) is 32.0 Å². The van der Waals surface area contributed by atoms with Gasteiger partial charge < -0.3 is 9.67 Å². The largest absolute Gasteiger partial charge is 0.490 e. The average Bonchev–Trinajstić information content (AvgIpc) is 3.54. The van der Waals surface area contributed by atoms with Gasteiger partial charge in [0.2, 0.25) is 5.95 Å². The van der Waals surface area contributed by atoms with Crippen LogP contribution in [0, 0.1) is 17.2 Å². The van der Waals surface area contributed by atoms with Crippen molar-refractivity contribution >= 4 is 33.3 Å². The highest BCUT2D eigenvalue weighted by molar-refractivity contribution is 7.94. The molecular formula is C25H23F3N6O4S2. The Labute approximate surface area is 231 Å². The molecule has 0 saturated carbocycles. The molecule has 40 heavy (non-hydrogen) atoms. The second kappa shape index (κ2) is 12.7. The zero-order valence-corrected chi connectivity index (χ0v) is 22.8. The number of aliphatic carboxylic acids is 1. The van der Waals surface area contributed by atoms with Gasteiger partial charge in [0.15, 0.2) is 0 Å². The molecule has 0 radical (unpaired) electrons. The number of nitriles is 1. The standard InChI is InChI=1S/C23H22N6O2S2.C2HF3O2/c1-16(2)10-20-12-21(18-5-3-4-17(11-18)14-29-9-8-25-15-29)22(32-20)33(30,31)28-23-26-7-6-19(13-24)27-23;3-2(4,5)1(6)7/h3-9,11-12,15-16H,10,14H2,1-2H3,(H,26,27,28);(H,6,7). The molecule has 0 fully saturated rings. The molecule has 1 aromatic carbocycles. The fourth-order valence-electron chi connectivity index (χ4n) is 3.39. The summed E-state index contributed by atoms with van der Waals surface area (Å²) in [5.74, 6) is -2.51. The van der Waals surface area contributed by atoms with E-state index in [0.29, 0.717) is 18.0 Å². The number of alkyl halides is 3.